The molecule has 0 aromatic heterocycles. The van der Waals surface area contributed by atoms with E-state index in [0.29, 0.717) is 46.7 Å². The molecule has 1 saturated carbocycles. The second kappa shape index (κ2) is 10.5. The molecule has 1 aliphatic carbocycles. The number of allylic oxidation sites excluding steroid dienone is 1. The quantitative estimate of drug-likeness (QED) is 0.478. The minimum absolute atomic E-state index is 0.0266. The van der Waals surface area contributed by atoms with Crippen molar-refractivity contribution in [1.29, 1.82) is 0 Å². The third-order valence-electron chi connectivity index (χ3n) is 7.24. The number of nitrogens with zero attached hydrogens (tertiary/aromatic N) is 4. The zero-order valence-corrected chi connectivity index (χ0v) is 20.5. The molecule has 3 aliphatic rings. The lowest BCUT2D eigenvalue weighted by Gasteiger charge is -2.40. The van der Waals surface area contributed by atoms with Crippen LogP contribution in [0.4, 0.5) is 0 Å². The average Bonchev–Trinajstić information content (AvgIpc) is 2.93. The molecule has 2 amide bonds. The van der Waals surface area contributed by atoms with Gasteiger partial charge in [-0.1, -0.05) is 19.3 Å². The Bertz CT molecular complexity index is 1320. The Morgan fingerprint density at radius 3 is 2.28 bits per heavy atom. The number of ether oxygens (including phenoxy) is 1. The summed E-state index contributed by atoms with van der Waals surface area (Å²) < 4.78 is 5.11. The molecule has 0 N–H and O–H groups in total. The Kier molecular flexibility index (Phi) is 7.04. The Labute approximate surface area is 210 Å². The van der Waals surface area contributed by atoms with Crippen LogP contribution in [0.2, 0.25) is 0 Å². The van der Waals surface area contributed by atoms with Crippen LogP contribution >= 0.6 is 0 Å². The molecule has 2 aromatic carbocycles. The SMILES string of the molecule is COc1ccc(C(=O)/C=C2\N=c3ccc(C(=O)N4CCN(C5CCCCC5)CC4)cc3=NC2=O)cc1. The van der Waals surface area contributed by atoms with Crippen molar-refractivity contribution in [3.8, 4) is 5.75 Å². The van der Waals surface area contributed by atoms with Gasteiger partial charge >= 0.3 is 0 Å². The molecule has 0 atom stereocenters. The Balaban J connectivity index is 1.29. The zero-order chi connectivity index (χ0) is 25.1. The molecule has 8 nitrogen and oxygen atoms in total. The number of carbonyl (C=O) groups excluding carboxylic acids is 3. The van der Waals surface area contributed by atoms with Crippen LogP contribution in [0.1, 0.15) is 52.8 Å². The predicted octanol–water partition coefficient (Wildman–Crippen LogP) is 2.33. The van der Waals surface area contributed by atoms with Gasteiger partial charge in [-0.05, 0) is 55.3 Å². The predicted molar refractivity (Wildman–Crippen MR) is 134 cm³/mol. The molecule has 0 spiro atoms. The first kappa shape index (κ1) is 24.1. The molecule has 8 heteroatoms. The number of amides is 2. The van der Waals surface area contributed by atoms with E-state index in [2.05, 4.69) is 14.9 Å². The van der Waals surface area contributed by atoms with E-state index in [1.807, 2.05) is 4.90 Å². The summed E-state index contributed by atoms with van der Waals surface area (Å²) >= 11 is 0. The van der Waals surface area contributed by atoms with Crippen LogP contribution in [-0.4, -0.2) is 66.7 Å². The highest BCUT2D eigenvalue weighted by Crippen LogP contribution is 2.23. The van der Waals surface area contributed by atoms with Crippen LogP contribution in [0.15, 0.2) is 64.2 Å². The zero-order valence-electron chi connectivity index (χ0n) is 20.5. The second-order valence-corrected chi connectivity index (χ2v) is 9.47. The van der Waals surface area contributed by atoms with Crippen molar-refractivity contribution in [3.05, 3.63) is 76.1 Å². The molecular formula is C28H30N4O4. The fourth-order valence-electron chi connectivity index (χ4n) is 5.16. The third-order valence-corrected chi connectivity index (χ3v) is 7.24. The number of piperazine rings is 1. The Morgan fingerprint density at radius 1 is 0.889 bits per heavy atom. The van der Waals surface area contributed by atoms with E-state index in [1.165, 1.54) is 38.2 Å². The van der Waals surface area contributed by atoms with E-state index in [4.69, 9.17) is 4.74 Å². The van der Waals surface area contributed by atoms with E-state index in [-0.39, 0.29) is 17.4 Å². The molecule has 186 valence electrons. The van der Waals surface area contributed by atoms with Crippen molar-refractivity contribution in [2.75, 3.05) is 33.3 Å². The topological polar surface area (TPSA) is 91.6 Å². The molecule has 1 saturated heterocycles. The normalized spacial score (nSPS) is 19.9. The smallest absolute Gasteiger partial charge is 0.296 e. The van der Waals surface area contributed by atoms with Crippen LogP contribution in [0.25, 0.3) is 0 Å². The van der Waals surface area contributed by atoms with Gasteiger partial charge in [-0.25, -0.2) is 9.98 Å². The first-order valence-corrected chi connectivity index (χ1v) is 12.6. The lowest BCUT2D eigenvalue weighted by atomic mass is 9.94. The van der Waals surface area contributed by atoms with Gasteiger partial charge in [-0.2, -0.15) is 0 Å². The van der Waals surface area contributed by atoms with Crippen molar-refractivity contribution in [1.82, 2.24) is 9.80 Å². The number of hydrogen-bond acceptors (Lipinski definition) is 6. The largest absolute Gasteiger partial charge is 0.497 e. The molecule has 2 aromatic rings. The summed E-state index contributed by atoms with van der Waals surface area (Å²) in [5, 5.41) is 0.808. The molecule has 0 unspecified atom stereocenters. The molecule has 0 bridgehead atoms. The van der Waals surface area contributed by atoms with E-state index in [0.717, 1.165) is 13.1 Å². The van der Waals surface area contributed by atoms with Crippen LogP contribution < -0.4 is 15.5 Å². The van der Waals surface area contributed by atoms with Crippen molar-refractivity contribution >= 4 is 17.6 Å². The van der Waals surface area contributed by atoms with Crippen LogP contribution in [-0.2, 0) is 4.79 Å². The summed E-state index contributed by atoms with van der Waals surface area (Å²) in [6, 6.07) is 12.3. The Hall–Kier alpha value is -3.65. The monoisotopic (exact) mass is 486 g/mol. The molecule has 0 radical (unpaired) electrons. The van der Waals surface area contributed by atoms with Crippen LogP contribution in [0, 0.1) is 0 Å². The first-order valence-electron chi connectivity index (χ1n) is 12.6. The molecule has 2 heterocycles. The van der Waals surface area contributed by atoms with Gasteiger partial charge in [0, 0.05) is 49.4 Å². The maximum Gasteiger partial charge on any atom is 0.296 e. The summed E-state index contributed by atoms with van der Waals surface area (Å²) in [5.41, 5.74) is 0.885. The Morgan fingerprint density at radius 2 is 1.58 bits per heavy atom. The van der Waals surface area contributed by atoms with Crippen molar-refractivity contribution < 1.29 is 19.1 Å². The number of ketones is 1. The summed E-state index contributed by atoms with van der Waals surface area (Å²) in [5.74, 6) is -0.365. The van der Waals surface area contributed by atoms with Gasteiger partial charge in [0.25, 0.3) is 11.8 Å². The van der Waals surface area contributed by atoms with Gasteiger partial charge < -0.3 is 9.64 Å². The van der Waals surface area contributed by atoms with E-state index in [9.17, 15) is 14.4 Å². The maximum absolute atomic E-state index is 13.1. The minimum Gasteiger partial charge on any atom is -0.497 e. The minimum atomic E-state index is -0.602. The van der Waals surface area contributed by atoms with Gasteiger partial charge in [0.1, 0.15) is 11.4 Å². The number of benzene rings is 2. The van der Waals surface area contributed by atoms with Gasteiger partial charge in [-0.15, -0.1) is 0 Å². The second-order valence-electron chi connectivity index (χ2n) is 9.47. The molecule has 5 rings (SSSR count). The van der Waals surface area contributed by atoms with Crippen LogP contribution in [0.3, 0.4) is 0 Å². The number of methoxy groups -OCH3 is 1. The number of carbonyl (C=O) groups is 3. The van der Waals surface area contributed by atoms with Crippen molar-refractivity contribution in [2.45, 2.75) is 38.1 Å². The lowest BCUT2D eigenvalue weighted by molar-refractivity contribution is -0.114. The molecular weight excluding hydrogens is 456 g/mol. The fraction of sp³-hybridized carbons (Fsp3) is 0.393. The number of hydrogen-bond donors (Lipinski definition) is 0. The van der Waals surface area contributed by atoms with E-state index < -0.39 is 5.91 Å². The van der Waals surface area contributed by atoms with Crippen molar-refractivity contribution in [3.63, 3.8) is 0 Å². The fourth-order valence-corrected chi connectivity index (χ4v) is 5.16. The molecule has 2 fully saturated rings. The van der Waals surface area contributed by atoms with Gasteiger partial charge in [0.05, 0.1) is 17.8 Å². The number of rotatable bonds is 5. The van der Waals surface area contributed by atoms with E-state index in [1.54, 1.807) is 49.6 Å². The summed E-state index contributed by atoms with van der Waals surface area (Å²) in [7, 11) is 1.55. The highest BCUT2D eigenvalue weighted by Gasteiger charge is 2.27. The standard InChI is InChI=1S/C28H30N4O4/c1-36-22-10-7-19(8-11-22)26(33)18-25-27(34)30-24-17-20(9-12-23(24)29-25)28(35)32-15-13-31(14-16-32)21-5-3-2-4-6-21/h7-12,17-18,21H,2-6,13-16H2,1H3/b25-18-. The van der Waals surface area contributed by atoms with Crippen molar-refractivity contribution in [2.24, 2.45) is 9.98 Å². The maximum atomic E-state index is 13.1. The highest BCUT2D eigenvalue weighted by molar-refractivity contribution is 6.09. The molecule has 36 heavy (non-hydrogen) atoms. The summed E-state index contributed by atoms with van der Waals surface area (Å²) in [4.78, 5) is 51.2. The van der Waals surface area contributed by atoms with Gasteiger partial charge in [-0.3, -0.25) is 19.3 Å². The molecule has 2 aliphatic heterocycles. The third kappa shape index (κ3) is 5.14. The van der Waals surface area contributed by atoms with Crippen LogP contribution in [0.5, 0.6) is 5.75 Å². The summed E-state index contributed by atoms with van der Waals surface area (Å²) in [6.45, 7) is 3.20. The van der Waals surface area contributed by atoms with Gasteiger partial charge in [0.15, 0.2) is 5.78 Å². The number of fused-ring (bicyclic) bond motifs is 1. The van der Waals surface area contributed by atoms with Gasteiger partial charge in [0.2, 0.25) is 0 Å². The van der Waals surface area contributed by atoms with E-state index >= 15 is 0 Å². The first-order chi connectivity index (χ1) is 17.5. The summed E-state index contributed by atoms with van der Waals surface area (Å²) in [6.07, 6.45) is 7.67. The average molecular weight is 487 g/mol. The lowest BCUT2D eigenvalue weighted by Crippen LogP contribution is -2.52. The highest BCUT2D eigenvalue weighted by atomic mass is 16.5.